The Morgan fingerprint density at radius 2 is 1.94 bits per heavy atom. The highest BCUT2D eigenvalue weighted by Crippen LogP contribution is 2.22. The molecule has 2 saturated heterocycles. The monoisotopic (exact) mass is 274 g/mol. The van der Waals surface area contributed by atoms with E-state index in [0.717, 1.165) is 25.8 Å². The van der Waals surface area contributed by atoms with Crippen LogP contribution >= 0.6 is 0 Å². The highest BCUT2D eigenvalue weighted by Gasteiger charge is 2.38. The summed E-state index contributed by atoms with van der Waals surface area (Å²) in [4.78, 5) is 14.2. The van der Waals surface area contributed by atoms with Crippen LogP contribution in [0.5, 0.6) is 0 Å². The second-order valence-electron chi connectivity index (χ2n) is 5.51. The second kappa shape index (κ2) is 5.17. The van der Waals surface area contributed by atoms with Crippen molar-refractivity contribution in [1.29, 1.82) is 0 Å². The van der Waals surface area contributed by atoms with E-state index < -0.39 is 15.4 Å². The number of amides is 1. The number of nitrogens with one attached hydrogen (secondary N) is 1. The van der Waals surface area contributed by atoms with Crippen molar-refractivity contribution < 1.29 is 13.2 Å². The molecule has 1 atom stereocenters. The predicted molar refractivity (Wildman–Crippen MR) is 70.1 cm³/mol. The molecule has 2 fully saturated rings. The van der Waals surface area contributed by atoms with Crippen molar-refractivity contribution in [3.63, 3.8) is 0 Å². The smallest absolute Gasteiger partial charge is 0.242 e. The molecule has 0 saturated carbocycles. The summed E-state index contributed by atoms with van der Waals surface area (Å²) in [7, 11) is -2.95. The van der Waals surface area contributed by atoms with Crippen LogP contribution in [-0.2, 0) is 14.6 Å². The third kappa shape index (κ3) is 3.03. The summed E-state index contributed by atoms with van der Waals surface area (Å²) in [6.07, 6.45) is 3.57. The number of rotatable bonds is 1. The lowest BCUT2D eigenvalue weighted by molar-refractivity contribution is -0.138. The number of hydrogen-bond donors (Lipinski definition) is 1. The molecule has 1 N–H and O–H groups in total. The summed E-state index contributed by atoms with van der Waals surface area (Å²) < 4.78 is 23.1. The Kier molecular flexibility index (Phi) is 3.96. The van der Waals surface area contributed by atoms with Crippen LogP contribution in [0.3, 0.4) is 0 Å². The summed E-state index contributed by atoms with van der Waals surface area (Å²) in [5, 5.41) is 3.29. The number of piperidine rings is 1. The van der Waals surface area contributed by atoms with Crippen molar-refractivity contribution in [1.82, 2.24) is 10.2 Å². The number of carbonyl (C=O) groups excluding carboxylic acids is 1. The second-order valence-corrected chi connectivity index (χ2v) is 7.82. The zero-order valence-corrected chi connectivity index (χ0v) is 11.8. The number of carbonyl (C=O) groups is 1. The molecule has 0 bridgehead atoms. The standard InChI is InChI=1S/C12H22N2O3S/c1-12(5-2-3-6-13-12)11(15)14-7-4-9-18(16,17)10-8-14/h13H,2-10H2,1H3. The maximum atomic E-state index is 12.5. The highest BCUT2D eigenvalue weighted by atomic mass is 32.2. The molecule has 2 heterocycles. The van der Waals surface area contributed by atoms with Crippen molar-refractivity contribution in [3.8, 4) is 0 Å². The van der Waals surface area contributed by atoms with Crippen molar-refractivity contribution in [2.45, 2.75) is 38.1 Å². The maximum absolute atomic E-state index is 12.5. The van der Waals surface area contributed by atoms with Gasteiger partial charge in [-0.2, -0.15) is 0 Å². The van der Waals surface area contributed by atoms with Gasteiger partial charge >= 0.3 is 0 Å². The van der Waals surface area contributed by atoms with E-state index in [1.807, 2.05) is 6.92 Å². The van der Waals surface area contributed by atoms with E-state index in [1.54, 1.807) is 4.90 Å². The molecule has 2 rings (SSSR count). The molecule has 6 heteroatoms. The van der Waals surface area contributed by atoms with Gasteiger partial charge in [-0.1, -0.05) is 0 Å². The van der Waals surface area contributed by atoms with Gasteiger partial charge in [0, 0.05) is 13.1 Å². The van der Waals surface area contributed by atoms with E-state index >= 15 is 0 Å². The Labute approximate surface area is 109 Å². The molecule has 18 heavy (non-hydrogen) atoms. The minimum Gasteiger partial charge on any atom is -0.340 e. The summed E-state index contributed by atoms with van der Waals surface area (Å²) in [5.74, 6) is 0.384. The molecule has 0 aliphatic carbocycles. The summed E-state index contributed by atoms with van der Waals surface area (Å²) in [6.45, 7) is 3.72. The van der Waals surface area contributed by atoms with E-state index in [0.29, 0.717) is 19.5 Å². The summed E-state index contributed by atoms with van der Waals surface area (Å²) in [6, 6.07) is 0. The molecule has 2 aliphatic heterocycles. The van der Waals surface area contributed by atoms with Crippen LogP contribution in [0.1, 0.15) is 32.6 Å². The average molecular weight is 274 g/mol. The van der Waals surface area contributed by atoms with Gasteiger partial charge in [0.05, 0.1) is 17.0 Å². The SMILES string of the molecule is CC1(C(=O)N2CCCS(=O)(=O)CC2)CCCCN1. The highest BCUT2D eigenvalue weighted by molar-refractivity contribution is 7.91. The predicted octanol–water partition coefficient (Wildman–Crippen LogP) is 0.166. The first-order chi connectivity index (χ1) is 8.43. The van der Waals surface area contributed by atoms with E-state index in [2.05, 4.69) is 5.32 Å². The van der Waals surface area contributed by atoms with Gasteiger partial charge in [0.25, 0.3) is 0 Å². The lowest BCUT2D eigenvalue weighted by Gasteiger charge is -2.37. The van der Waals surface area contributed by atoms with Crippen LogP contribution in [0.25, 0.3) is 0 Å². The Morgan fingerprint density at radius 3 is 2.61 bits per heavy atom. The molecule has 0 aromatic rings. The van der Waals surface area contributed by atoms with Crippen LogP contribution in [0, 0.1) is 0 Å². The molecule has 1 unspecified atom stereocenters. The summed E-state index contributed by atoms with van der Waals surface area (Å²) in [5.41, 5.74) is -0.494. The Morgan fingerprint density at radius 1 is 1.17 bits per heavy atom. The molecule has 5 nitrogen and oxygen atoms in total. The first-order valence-corrected chi connectivity index (χ1v) is 8.50. The van der Waals surface area contributed by atoms with Gasteiger partial charge in [-0.15, -0.1) is 0 Å². The molecule has 0 radical (unpaired) electrons. The van der Waals surface area contributed by atoms with E-state index in [9.17, 15) is 13.2 Å². The van der Waals surface area contributed by atoms with Gasteiger partial charge in [-0.25, -0.2) is 8.42 Å². The quantitative estimate of drug-likeness (QED) is 0.740. The minimum atomic E-state index is -2.95. The largest absolute Gasteiger partial charge is 0.340 e. The van der Waals surface area contributed by atoms with Gasteiger partial charge in [-0.3, -0.25) is 4.79 Å². The normalized spacial score (nSPS) is 32.8. The zero-order valence-electron chi connectivity index (χ0n) is 10.9. The lowest BCUT2D eigenvalue weighted by atomic mass is 9.89. The molecule has 0 aromatic carbocycles. The number of hydrogen-bond acceptors (Lipinski definition) is 4. The topological polar surface area (TPSA) is 66.5 Å². The molecule has 0 aromatic heterocycles. The fourth-order valence-corrected chi connectivity index (χ4v) is 4.00. The first-order valence-electron chi connectivity index (χ1n) is 6.68. The van der Waals surface area contributed by atoms with Gasteiger partial charge in [0.2, 0.25) is 5.91 Å². The maximum Gasteiger partial charge on any atom is 0.242 e. The van der Waals surface area contributed by atoms with E-state index in [1.165, 1.54) is 0 Å². The third-order valence-electron chi connectivity index (χ3n) is 3.93. The molecular weight excluding hydrogens is 252 g/mol. The Balaban J connectivity index is 2.04. The van der Waals surface area contributed by atoms with Crippen molar-refractivity contribution in [2.75, 3.05) is 31.1 Å². The minimum absolute atomic E-state index is 0.0688. The van der Waals surface area contributed by atoms with E-state index in [4.69, 9.17) is 0 Å². The fraction of sp³-hybridized carbons (Fsp3) is 0.917. The van der Waals surface area contributed by atoms with Crippen molar-refractivity contribution in [3.05, 3.63) is 0 Å². The molecule has 1 amide bonds. The van der Waals surface area contributed by atoms with Crippen LogP contribution in [0.2, 0.25) is 0 Å². The molecular formula is C12H22N2O3S. The van der Waals surface area contributed by atoms with Crippen LogP contribution < -0.4 is 5.32 Å². The Bertz CT molecular complexity index is 413. The number of sulfone groups is 1. The van der Waals surface area contributed by atoms with Crippen molar-refractivity contribution in [2.24, 2.45) is 0 Å². The van der Waals surface area contributed by atoms with Crippen LogP contribution in [-0.4, -0.2) is 55.9 Å². The molecule has 2 aliphatic rings. The van der Waals surface area contributed by atoms with Crippen molar-refractivity contribution >= 4 is 15.7 Å². The number of nitrogens with zero attached hydrogens (tertiary/aromatic N) is 1. The zero-order chi connectivity index (χ0) is 13.2. The first kappa shape index (κ1) is 13.8. The van der Waals surface area contributed by atoms with Gasteiger partial charge in [-0.05, 0) is 39.2 Å². The van der Waals surface area contributed by atoms with Crippen LogP contribution in [0.4, 0.5) is 0 Å². The Hall–Kier alpha value is -0.620. The van der Waals surface area contributed by atoms with Crippen LogP contribution in [0.15, 0.2) is 0 Å². The lowest BCUT2D eigenvalue weighted by Crippen LogP contribution is -2.58. The molecule has 104 valence electrons. The van der Waals surface area contributed by atoms with Gasteiger partial charge in [0.15, 0.2) is 9.84 Å². The van der Waals surface area contributed by atoms with Gasteiger partial charge in [0.1, 0.15) is 0 Å². The average Bonchev–Trinajstić information content (AvgIpc) is 2.50. The molecule has 0 spiro atoms. The third-order valence-corrected chi connectivity index (χ3v) is 5.65. The fourth-order valence-electron chi connectivity index (χ4n) is 2.73. The summed E-state index contributed by atoms with van der Waals surface area (Å²) >= 11 is 0. The van der Waals surface area contributed by atoms with E-state index in [-0.39, 0.29) is 17.4 Å². The van der Waals surface area contributed by atoms with Gasteiger partial charge < -0.3 is 10.2 Å².